The largest absolute Gasteiger partial charge is 0.411 e. The molecular weight excluding hydrogens is 370 g/mol. The molecule has 0 unspecified atom stereocenters. The Hall–Kier alpha value is -3.14. The maximum atomic E-state index is 12.4. The molecule has 0 atom stereocenters. The van der Waals surface area contributed by atoms with Crippen molar-refractivity contribution in [1.82, 2.24) is 19.7 Å². The van der Waals surface area contributed by atoms with Crippen molar-refractivity contribution in [3.8, 4) is 11.5 Å². The molecule has 0 aliphatic rings. The van der Waals surface area contributed by atoms with Crippen molar-refractivity contribution in [1.29, 1.82) is 0 Å². The minimum atomic E-state index is -0.817. The average molecular weight is 387 g/mol. The Bertz CT molecular complexity index is 1120. The SMILES string of the molecule is Cc1cc(C)cc(-c2nnc(SCC(=O)c3c(N)n(C)c(=O)[nH]c3=O)o2)c1. The molecule has 0 amide bonds. The van der Waals surface area contributed by atoms with Gasteiger partial charge in [-0.1, -0.05) is 29.0 Å². The first-order valence-electron chi connectivity index (χ1n) is 7.93. The number of Topliss-reactive ketones (excluding diaryl/α,β-unsaturated/α-hetero) is 1. The van der Waals surface area contributed by atoms with Crippen LogP contribution in [0, 0.1) is 13.8 Å². The Kier molecular flexibility index (Phi) is 5.00. The number of thioether (sulfide) groups is 1. The summed E-state index contributed by atoms with van der Waals surface area (Å²) < 4.78 is 6.59. The number of ketones is 1. The molecule has 0 radical (unpaired) electrons. The van der Waals surface area contributed by atoms with Crippen molar-refractivity contribution >= 4 is 23.4 Å². The number of carbonyl (C=O) groups excluding carboxylic acids is 1. The number of nitrogens with one attached hydrogen (secondary N) is 1. The van der Waals surface area contributed by atoms with Crippen LogP contribution in [0.25, 0.3) is 11.5 Å². The smallest absolute Gasteiger partial charge is 0.329 e. The quantitative estimate of drug-likeness (QED) is 0.494. The van der Waals surface area contributed by atoms with Gasteiger partial charge in [0, 0.05) is 12.6 Å². The maximum absolute atomic E-state index is 12.4. The van der Waals surface area contributed by atoms with Crippen LogP contribution >= 0.6 is 11.8 Å². The normalized spacial score (nSPS) is 10.9. The van der Waals surface area contributed by atoms with Gasteiger partial charge in [-0.05, 0) is 26.0 Å². The van der Waals surface area contributed by atoms with E-state index in [0.717, 1.165) is 33.0 Å². The summed E-state index contributed by atoms with van der Waals surface area (Å²) in [4.78, 5) is 37.8. The number of aromatic nitrogens is 4. The van der Waals surface area contributed by atoms with Gasteiger partial charge in [0.25, 0.3) is 10.8 Å². The zero-order valence-corrected chi connectivity index (χ0v) is 15.7. The lowest BCUT2D eigenvalue weighted by molar-refractivity contribution is 0.102. The third-order valence-corrected chi connectivity index (χ3v) is 4.67. The molecule has 3 N–H and O–H groups in total. The summed E-state index contributed by atoms with van der Waals surface area (Å²) in [7, 11) is 1.37. The molecule has 3 rings (SSSR count). The fourth-order valence-electron chi connectivity index (χ4n) is 2.59. The zero-order valence-electron chi connectivity index (χ0n) is 14.9. The molecule has 0 aliphatic heterocycles. The van der Waals surface area contributed by atoms with E-state index in [2.05, 4.69) is 15.2 Å². The molecule has 0 saturated heterocycles. The first-order valence-corrected chi connectivity index (χ1v) is 8.91. The monoisotopic (exact) mass is 387 g/mol. The lowest BCUT2D eigenvalue weighted by Gasteiger charge is -2.06. The molecule has 1 aromatic carbocycles. The Labute approximate surface area is 157 Å². The van der Waals surface area contributed by atoms with E-state index < -0.39 is 17.0 Å². The Morgan fingerprint density at radius 1 is 1.22 bits per heavy atom. The highest BCUT2D eigenvalue weighted by atomic mass is 32.2. The van der Waals surface area contributed by atoms with Gasteiger partial charge in [-0.15, -0.1) is 10.2 Å². The Morgan fingerprint density at radius 3 is 2.56 bits per heavy atom. The van der Waals surface area contributed by atoms with Crippen LogP contribution in [0.4, 0.5) is 5.82 Å². The Balaban J connectivity index is 1.78. The molecule has 0 saturated carbocycles. The molecule has 9 nitrogen and oxygen atoms in total. The van der Waals surface area contributed by atoms with Crippen LogP contribution < -0.4 is 17.0 Å². The number of hydrogen-bond acceptors (Lipinski definition) is 8. The van der Waals surface area contributed by atoms with Crippen LogP contribution in [-0.4, -0.2) is 31.3 Å². The van der Waals surface area contributed by atoms with Crippen LogP contribution in [0.2, 0.25) is 0 Å². The van der Waals surface area contributed by atoms with Crippen LogP contribution in [0.15, 0.2) is 37.4 Å². The van der Waals surface area contributed by atoms with E-state index in [-0.39, 0.29) is 22.4 Å². The zero-order chi connectivity index (χ0) is 19.7. The van der Waals surface area contributed by atoms with Gasteiger partial charge in [-0.25, -0.2) is 4.79 Å². The van der Waals surface area contributed by atoms with Gasteiger partial charge in [0.05, 0.1) is 5.75 Å². The number of aryl methyl sites for hydroxylation is 2. The molecule has 27 heavy (non-hydrogen) atoms. The molecule has 3 aromatic rings. The third-order valence-electron chi connectivity index (χ3n) is 3.85. The molecule has 2 aromatic heterocycles. The van der Waals surface area contributed by atoms with E-state index in [9.17, 15) is 14.4 Å². The fraction of sp³-hybridized carbons (Fsp3) is 0.235. The Morgan fingerprint density at radius 2 is 1.89 bits per heavy atom. The number of benzene rings is 1. The topological polar surface area (TPSA) is 137 Å². The number of carbonyl (C=O) groups is 1. The van der Waals surface area contributed by atoms with Gasteiger partial charge in [0.2, 0.25) is 5.89 Å². The molecule has 140 valence electrons. The summed E-state index contributed by atoms with van der Waals surface area (Å²) >= 11 is 0.989. The number of nitrogens with zero attached hydrogens (tertiary/aromatic N) is 3. The van der Waals surface area contributed by atoms with E-state index in [1.165, 1.54) is 7.05 Å². The van der Waals surface area contributed by atoms with Crippen molar-refractivity contribution in [3.63, 3.8) is 0 Å². The average Bonchev–Trinajstić information content (AvgIpc) is 3.06. The van der Waals surface area contributed by atoms with Crippen molar-refractivity contribution in [2.24, 2.45) is 7.05 Å². The predicted octanol–water partition coefficient (Wildman–Crippen LogP) is 1.30. The maximum Gasteiger partial charge on any atom is 0.329 e. The van der Waals surface area contributed by atoms with E-state index >= 15 is 0 Å². The third kappa shape index (κ3) is 3.85. The van der Waals surface area contributed by atoms with Crippen molar-refractivity contribution in [2.45, 2.75) is 19.1 Å². The number of nitrogen functional groups attached to an aromatic ring is 1. The molecule has 0 spiro atoms. The summed E-state index contributed by atoms with van der Waals surface area (Å²) in [6.07, 6.45) is 0. The van der Waals surface area contributed by atoms with Crippen LogP contribution in [0.1, 0.15) is 21.5 Å². The van der Waals surface area contributed by atoms with Gasteiger partial charge < -0.3 is 10.2 Å². The van der Waals surface area contributed by atoms with Crippen molar-refractivity contribution < 1.29 is 9.21 Å². The molecule has 0 aliphatic carbocycles. The summed E-state index contributed by atoms with van der Waals surface area (Å²) in [6.45, 7) is 3.94. The second kappa shape index (κ2) is 7.23. The van der Waals surface area contributed by atoms with E-state index in [4.69, 9.17) is 10.2 Å². The minimum absolute atomic E-state index is 0.139. The van der Waals surface area contributed by atoms with Gasteiger partial charge in [-0.3, -0.25) is 19.1 Å². The summed E-state index contributed by atoms with van der Waals surface area (Å²) in [5, 5.41) is 8.10. The lowest BCUT2D eigenvalue weighted by Crippen LogP contribution is -2.35. The lowest BCUT2D eigenvalue weighted by atomic mass is 10.1. The molecule has 0 bridgehead atoms. The highest BCUT2D eigenvalue weighted by Crippen LogP contribution is 2.25. The standard InChI is InChI=1S/C17H17N5O4S/c1-8-4-9(2)6-10(5-8)15-20-21-17(26-15)27-7-11(23)12-13(18)22(3)16(25)19-14(12)24/h4-6H,7,18H2,1-3H3,(H,19,24,25). The number of hydrogen-bond donors (Lipinski definition) is 2. The molecule has 10 heteroatoms. The van der Waals surface area contributed by atoms with E-state index in [1.807, 2.05) is 32.0 Å². The first kappa shape index (κ1) is 18.6. The van der Waals surface area contributed by atoms with Crippen LogP contribution in [0.3, 0.4) is 0 Å². The predicted molar refractivity (Wildman–Crippen MR) is 101 cm³/mol. The highest BCUT2D eigenvalue weighted by molar-refractivity contribution is 7.99. The first-order chi connectivity index (χ1) is 12.8. The molecular formula is C17H17N5O4S. The van der Waals surface area contributed by atoms with Crippen molar-refractivity contribution in [2.75, 3.05) is 11.5 Å². The van der Waals surface area contributed by atoms with Gasteiger partial charge in [0.1, 0.15) is 11.4 Å². The van der Waals surface area contributed by atoms with Crippen LogP contribution in [-0.2, 0) is 7.05 Å². The van der Waals surface area contributed by atoms with Crippen molar-refractivity contribution in [3.05, 3.63) is 55.7 Å². The van der Waals surface area contributed by atoms with Crippen LogP contribution in [0.5, 0.6) is 0 Å². The summed E-state index contributed by atoms with van der Waals surface area (Å²) in [5.41, 5.74) is 6.88. The number of nitrogens with two attached hydrogens (primary N) is 1. The second-order valence-corrected chi connectivity index (χ2v) is 6.97. The number of rotatable bonds is 5. The van der Waals surface area contributed by atoms with E-state index in [1.54, 1.807) is 0 Å². The van der Waals surface area contributed by atoms with Gasteiger partial charge in [-0.2, -0.15) is 0 Å². The molecule has 2 heterocycles. The minimum Gasteiger partial charge on any atom is -0.411 e. The van der Waals surface area contributed by atoms with Gasteiger partial charge >= 0.3 is 5.69 Å². The van der Waals surface area contributed by atoms with Gasteiger partial charge in [0.15, 0.2) is 5.78 Å². The number of aromatic amines is 1. The van der Waals surface area contributed by atoms with E-state index in [0.29, 0.717) is 5.89 Å². The summed E-state index contributed by atoms with van der Waals surface area (Å²) in [5.74, 6) is -0.521. The summed E-state index contributed by atoms with van der Waals surface area (Å²) in [6, 6.07) is 5.87. The highest BCUT2D eigenvalue weighted by Gasteiger charge is 2.19. The number of anilines is 1. The number of H-pyrrole nitrogens is 1. The molecule has 0 fully saturated rings. The second-order valence-electron chi connectivity index (χ2n) is 6.04. The fourth-order valence-corrected chi connectivity index (χ4v) is 3.22.